The quantitative estimate of drug-likeness (QED) is 0.755. The summed E-state index contributed by atoms with van der Waals surface area (Å²) in [5.74, 6) is 0. The Morgan fingerprint density at radius 3 is 2.32 bits per heavy atom. The second-order valence-corrected chi connectivity index (χ2v) is 8.99. The first-order valence-corrected chi connectivity index (χ1v) is 10.1. The number of likely N-dealkylation sites (tertiary alicyclic amines) is 1. The van der Waals surface area contributed by atoms with E-state index in [1.807, 2.05) is 6.07 Å². The molecule has 1 aliphatic rings. The average molecular weight is 381 g/mol. The molecule has 28 heavy (non-hydrogen) atoms. The van der Waals surface area contributed by atoms with Crippen LogP contribution in [0.25, 0.3) is 0 Å². The van der Waals surface area contributed by atoms with Gasteiger partial charge >= 0.3 is 6.09 Å². The lowest BCUT2D eigenvalue weighted by Gasteiger charge is -2.48. The number of piperidine rings is 1. The second kappa shape index (κ2) is 8.26. The molecule has 3 rings (SSSR count). The van der Waals surface area contributed by atoms with E-state index in [0.29, 0.717) is 12.6 Å². The molecule has 150 valence electrons. The Kier molecular flexibility index (Phi) is 5.97. The molecule has 0 bridgehead atoms. The van der Waals surface area contributed by atoms with E-state index in [1.165, 1.54) is 16.8 Å². The summed E-state index contributed by atoms with van der Waals surface area (Å²) in [6.07, 6.45) is 0.888. The van der Waals surface area contributed by atoms with Gasteiger partial charge in [0.25, 0.3) is 0 Å². The van der Waals surface area contributed by atoms with Gasteiger partial charge < -0.3 is 14.9 Å². The second-order valence-electron chi connectivity index (χ2n) is 8.99. The minimum absolute atomic E-state index is 0.00739. The Morgan fingerprint density at radius 1 is 1.11 bits per heavy atom. The lowest BCUT2D eigenvalue weighted by Crippen LogP contribution is -2.56. The molecule has 0 spiro atoms. The SMILES string of the molecule is Cc1ccc(CN(c2ccccc2)C2CCN(C(=O)O)C(C(C)(C)C)C2)cc1. The molecule has 2 unspecified atom stereocenters. The molecule has 1 N–H and O–H groups in total. The minimum Gasteiger partial charge on any atom is -0.465 e. The maximum Gasteiger partial charge on any atom is 0.407 e. The lowest BCUT2D eigenvalue weighted by atomic mass is 9.78. The minimum atomic E-state index is -0.803. The van der Waals surface area contributed by atoms with Crippen LogP contribution in [0.15, 0.2) is 54.6 Å². The largest absolute Gasteiger partial charge is 0.465 e. The zero-order valence-corrected chi connectivity index (χ0v) is 17.4. The molecule has 2 aromatic rings. The zero-order valence-electron chi connectivity index (χ0n) is 17.4. The molecular formula is C24H32N2O2. The van der Waals surface area contributed by atoms with Crippen molar-refractivity contribution in [2.24, 2.45) is 5.41 Å². The third-order valence-electron chi connectivity index (χ3n) is 5.82. The van der Waals surface area contributed by atoms with Crippen LogP contribution in [-0.4, -0.2) is 34.7 Å². The standard InChI is InChI=1S/C24H32N2O2/c1-18-10-12-19(13-11-18)17-26(20-8-6-5-7-9-20)21-14-15-25(23(27)28)22(16-21)24(2,3)4/h5-13,21-22H,14-17H2,1-4H3,(H,27,28). The first-order chi connectivity index (χ1) is 13.3. The van der Waals surface area contributed by atoms with Crippen molar-refractivity contribution < 1.29 is 9.90 Å². The van der Waals surface area contributed by atoms with Crippen molar-refractivity contribution in [3.8, 4) is 0 Å². The Bertz CT molecular complexity index is 781. The molecule has 1 amide bonds. The Hall–Kier alpha value is -2.49. The molecule has 1 aliphatic heterocycles. The van der Waals surface area contributed by atoms with E-state index in [4.69, 9.17) is 0 Å². The van der Waals surface area contributed by atoms with Crippen LogP contribution in [0, 0.1) is 12.3 Å². The maximum atomic E-state index is 11.8. The Morgan fingerprint density at radius 2 is 1.75 bits per heavy atom. The van der Waals surface area contributed by atoms with Crippen LogP contribution < -0.4 is 4.90 Å². The number of benzene rings is 2. The van der Waals surface area contributed by atoms with E-state index < -0.39 is 6.09 Å². The molecule has 0 aliphatic carbocycles. The molecule has 0 aromatic heterocycles. The molecule has 0 saturated carbocycles. The van der Waals surface area contributed by atoms with Crippen molar-refractivity contribution in [2.75, 3.05) is 11.4 Å². The fraction of sp³-hybridized carbons (Fsp3) is 0.458. The van der Waals surface area contributed by atoms with Crippen molar-refractivity contribution in [1.29, 1.82) is 0 Å². The number of anilines is 1. The van der Waals surface area contributed by atoms with Crippen molar-refractivity contribution in [1.82, 2.24) is 4.90 Å². The molecule has 0 radical (unpaired) electrons. The molecule has 2 aromatic carbocycles. The highest BCUT2D eigenvalue weighted by Gasteiger charge is 2.40. The van der Waals surface area contributed by atoms with Gasteiger partial charge in [-0.25, -0.2) is 4.79 Å². The van der Waals surface area contributed by atoms with Gasteiger partial charge in [-0.2, -0.15) is 0 Å². The van der Waals surface area contributed by atoms with Crippen LogP contribution in [0.3, 0.4) is 0 Å². The van der Waals surface area contributed by atoms with Gasteiger partial charge in [0.1, 0.15) is 0 Å². The van der Waals surface area contributed by atoms with Gasteiger partial charge in [0.15, 0.2) is 0 Å². The van der Waals surface area contributed by atoms with Crippen LogP contribution in [-0.2, 0) is 6.54 Å². The molecule has 1 fully saturated rings. The van der Waals surface area contributed by atoms with E-state index in [9.17, 15) is 9.90 Å². The van der Waals surface area contributed by atoms with Crippen molar-refractivity contribution in [2.45, 2.75) is 59.2 Å². The summed E-state index contributed by atoms with van der Waals surface area (Å²) in [5.41, 5.74) is 3.65. The average Bonchev–Trinajstić information content (AvgIpc) is 2.67. The van der Waals surface area contributed by atoms with E-state index in [0.717, 1.165) is 19.4 Å². The Balaban J connectivity index is 1.89. The van der Waals surface area contributed by atoms with Crippen LogP contribution in [0.2, 0.25) is 0 Å². The number of nitrogens with zero attached hydrogens (tertiary/aromatic N) is 2. The number of amides is 1. The molecule has 1 saturated heterocycles. The number of carboxylic acid groups (broad SMARTS) is 1. The predicted molar refractivity (Wildman–Crippen MR) is 115 cm³/mol. The van der Waals surface area contributed by atoms with Gasteiger partial charge in [-0.1, -0.05) is 68.8 Å². The van der Waals surface area contributed by atoms with Gasteiger partial charge in [-0.05, 0) is 42.9 Å². The normalized spacial score (nSPS) is 20.1. The summed E-state index contributed by atoms with van der Waals surface area (Å²) in [7, 11) is 0. The third-order valence-corrected chi connectivity index (χ3v) is 5.82. The highest BCUT2D eigenvalue weighted by molar-refractivity contribution is 5.66. The topological polar surface area (TPSA) is 43.8 Å². The van der Waals surface area contributed by atoms with Crippen LogP contribution in [0.1, 0.15) is 44.7 Å². The third kappa shape index (κ3) is 4.67. The van der Waals surface area contributed by atoms with Gasteiger partial charge in [-0.3, -0.25) is 0 Å². The van der Waals surface area contributed by atoms with Gasteiger partial charge in [0, 0.05) is 30.9 Å². The number of para-hydroxylation sites is 1. The molecule has 4 heteroatoms. The number of carbonyl (C=O) groups is 1. The monoisotopic (exact) mass is 380 g/mol. The number of hydrogen-bond acceptors (Lipinski definition) is 2. The van der Waals surface area contributed by atoms with E-state index in [-0.39, 0.29) is 11.5 Å². The maximum absolute atomic E-state index is 11.8. The molecular weight excluding hydrogens is 348 g/mol. The molecule has 1 heterocycles. The highest BCUT2D eigenvalue weighted by Crippen LogP contribution is 2.35. The summed E-state index contributed by atoms with van der Waals surface area (Å²) in [4.78, 5) is 15.9. The lowest BCUT2D eigenvalue weighted by molar-refractivity contribution is 0.0520. The summed E-state index contributed by atoms with van der Waals surface area (Å²) in [6, 6.07) is 19.5. The van der Waals surface area contributed by atoms with Crippen molar-refractivity contribution in [3.05, 3.63) is 65.7 Å². The highest BCUT2D eigenvalue weighted by atomic mass is 16.4. The first kappa shape index (κ1) is 20.2. The summed E-state index contributed by atoms with van der Waals surface area (Å²) < 4.78 is 0. The van der Waals surface area contributed by atoms with Crippen LogP contribution >= 0.6 is 0 Å². The first-order valence-electron chi connectivity index (χ1n) is 10.1. The molecule has 2 atom stereocenters. The van der Waals surface area contributed by atoms with E-state index in [1.54, 1.807) is 4.90 Å². The van der Waals surface area contributed by atoms with Crippen LogP contribution in [0.5, 0.6) is 0 Å². The number of aryl methyl sites for hydroxylation is 1. The number of hydrogen-bond donors (Lipinski definition) is 1. The van der Waals surface area contributed by atoms with Crippen molar-refractivity contribution >= 4 is 11.8 Å². The van der Waals surface area contributed by atoms with E-state index >= 15 is 0 Å². The van der Waals surface area contributed by atoms with Crippen molar-refractivity contribution in [3.63, 3.8) is 0 Å². The predicted octanol–water partition coefficient (Wildman–Crippen LogP) is 5.56. The fourth-order valence-corrected chi connectivity index (χ4v) is 4.22. The summed E-state index contributed by atoms with van der Waals surface area (Å²) >= 11 is 0. The van der Waals surface area contributed by atoms with E-state index in [2.05, 4.69) is 81.1 Å². The Labute approximate surface area is 168 Å². The zero-order chi connectivity index (χ0) is 20.3. The fourth-order valence-electron chi connectivity index (χ4n) is 4.22. The summed E-state index contributed by atoms with van der Waals surface area (Å²) in [6.45, 7) is 9.95. The summed E-state index contributed by atoms with van der Waals surface area (Å²) in [5, 5.41) is 9.69. The number of rotatable bonds is 4. The van der Waals surface area contributed by atoms with Gasteiger partial charge in [-0.15, -0.1) is 0 Å². The smallest absolute Gasteiger partial charge is 0.407 e. The molecule has 4 nitrogen and oxygen atoms in total. The van der Waals surface area contributed by atoms with Gasteiger partial charge in [0.05, 0.1) is 0 Å². The van der Waals surface area contributed by atoms with Crippen LogP contribution in [0.4, 0.5) is 10.5 Å². The van der Waals surface area contributed by atoms with Gasteiger partial charge in [0.2, 0.25) is 0 Å².